The normalized spacial score (nSPS) is 12.0. The van der Waals surface area contributed by atoms with Crippen molar-refractivity contribution in [2.24, 2.45) is 0 Å². The zero-order chi connectivity index (χ0) is 17.5. The highest BCUT2D eigenvalue weighted by molar-refractivity contribution is 7.07. The number of carbonyl (C=O) groups is 2. The molecule has 128 valence electrons. The molecule has 1 aromatic carbocycles. The number of amides is 1. The Balaban J connectivity index is 1.79. The molecule has 1 aromatic heterocycles. The molecular weight excluding hydrogens is 322 g/mol. The SMILES string of the molecule is CC(C)c1ccc(NC(=O)[C@@H](C)OC(=O)CCc2ccsc2)cc1. The molecule has 0 fully saturated rings. The number of hydrogen-bond donors (Lipinski definition) is 1. The molecule has 0 unspecified atom stereocenters. The molecule has 0 aliphatic heterocycles. The quantitative estimate of drug-likeness (QED) is 0.758. The van der Waals surface area contributed by atoms with E-state index in [2.05, 4.69) is 19.2 Å². The number of anilines is 1. The first-order chi connectivity index (χ1) is 11.5. The number of thiophene rings is 1. The third kappa shape index (κ3) is 5.49. The highest BCUT2D eigenvalue weighted by atomic mass is 32.1. The van der Waals surface area contributed by atoms with Crippen LogP contribution in [0.2, 0.25) is 0 Å². The fraction of sp³-hybridized carbons (Fsp3) is 0.368. The first-order valence-electron chi connectivity index (χ1n) is 8.07. The van der Waals surface area contributed by atoms with Crippen molar-refractivity contribution in [3.63, 3.8) is 0 Å². The molecule has 2 rings (SSSR count). The van der Waals surface area contributed by atoms with Gasteiger partial charge in [-0.05, 0) is 59.3 Å². The Bertz CT molecular complexity index is 662. The van der Waals surface area contributed by atoms with Crippen LogP contribution in [0.5, 0.6) is 0 Å². The van der Waals surface area contributed by atoms with Crippen LogP contribution >= 0.6 is 11.3 Å². The molecular formula is C19H23NO3S. The lowest BCUT2D eigenvalue weighted by Crippen LogP contribution is -2.30. The molecule has 1 heterocycles. The van der Waals surface area contributed by atoms with Gasteiger partial charge >= 0.3 is 5.97 Å². The summed E-state index contributed by atoms with van der Waals surface area (Å²) in [6, 6.07) is 9.67. The standard InChI is InChI=1S/C19H23NO3S/c1-13(2)16-5-7-17(8-6-16)20-19(22)14(3)23-18(21)9-4-15-10-11-24-12-15/h5-8,10-14H,4,9H2,1-3H3,(H,20,22)/t14-/m1/s1. The van der Waals surface area contributed by atoms with Gasteiger partial charge < -0.3 is 10.1 Å². The number of esters is 1. The van der Waals surface area contributed by atoms with Crippen LogP contribution in [0.4, 0.5) is 5.69 Å². The number of aryl methyl sites for hydroxylation is 1. The molecule has 1 N–H and O–H groups in total. The van der Waals surface area contributed by atoms with Crippen molar-refractivity contribution >= 4 is 28.9 Å². The lowest BCUT2D eigenvalue weighted by Gasteiger charge is -2.14. The van der Waals surface area contributed by atoms with E-state index in [0.717, 1.165) is 5.56 Å². The average molecular weight is 345 g/mol. The van der Waals surface area contributed by atoms with Crippen molar-refractivity contribution in [2.45, 2.75) is 45.6 Å². The fourth-order valence-electron chi connectivity index (χ4n) is 2.19. The Morgan fingerprint density at radius 2 is 1.83 bits per heavy atom. The van der Waals surface area contributed by atoms with Gasteiger partial charge in [0.05, 0.1) is 0 Å². The Kier molecular flexibility index (Phi) is 6.55. The minimum Gasteiger partial charge on any atom is -0.453 e. The fourth-order valence-corrected chi connectivity index (χ4v) is 2.89. The van der Waals surface area contributed by atoms with E-state index < -0.39 is 6.10 Å². The maximum atomic E-state index is 12.1. The number of hydrogen-bond acceptors (Lipinski definition) is 4. The van der Waals surface area contributed by atoms with E-state index >= 15 is 0 Å². The predicted octanol–water partition coefficient (Wildman–Crippen LogP) is 4.37. The van der Waals surface area contributed by atoms with Gasteiger partial charge in [-0.25, -0.2) is 0 Å². The van der Waals surface area contributed by atoms with Gasteiger partial charge in [-0.3, -0.25) is 9.59 Å². The zero-order valence-electron chi connectivity index (χ0n) is 14.2. The Morgan fingerprint density at radius 3 is 2.42 bits per heavy atom. The summed E-state index contributed by atoms with van der Waals surface area (Å²) in [4.78, 5) is 23.9. The topological polar surface area (TPSA) is 55.4 Å². The van der Waals surface area contributed by atoms with E-state index in [1.807, 2.05) is 41.1 Å². The largest absolute Gasteiger partial charge is 0.453 e. The summed E-state index contributed by atoms with van der Waals surface area (Å²) >= 11 is 1.60. The third-order valence-electron chi connectivity index (χ3n) is 3.72. The molecule has 0 radical (unpaired) electrons. The zero-order valence-corrected chi connectivity index (χ0v) is 15.1. The van der Waals surface area contributed by atoms with Gasteiger partial charge in [0.25, 0.3) is 5.91 Å². The van der Waals surface area contributed by atoms with Crippen LogP contribution in [-0.4, -0.2) is 18.0 Å². The second kappa shape index (κ2) is 8.64. The Hall–Kier alpha value is -2.14. The van der Waals surface area contributed by atoms with Gasteiger partial charge in [-0.15, -0.1) is 0 Å². The lowest BCUT2D eigenvalue weighted by molar-refractivity contribution is -0.153. The summed E-state index contributed by atoms with van der Waals surface area (Å²) in [5.74, 6) is -0.243. The first kappa shape index (κ1) is 18.2. The number of carbonyl (C=O) groups excluding carboxylic acids is 2. The molecule has 1 amide bonds. The van der Waals surface area contributed by atoms with Crippen molar-refractivity contribution in [1.82, 2.24) is 0 Å². The van der Waals surface area contributed by atoms with E-state index in [9.17, 15) is 9.59 Å². The summed E-state index contributed by atoms with van der Waals surface area (Å²) in [5.41, 5.74) is 3.02. The van der Waals surface area contributed by atoms with Gasteiger partial charge in [0, 0.05) is 12.1 Å². The number of benzene rings is 1. The molecule has 0 bridgehead atoms. The van der Waals surface area contributed by atoms with E-state index in [4.69, 9.17) is 4.74 Å². The molecule has 0 spiro atoms. The third-order valence-corrected chi connectivity index (χ3v) is 4.45. The van der Waals surface area contributed by atoms with Crippen molar-refractivity contribution in [2.75, 3.05) is 5.32 Å². The van der Waals surface area contributed by atoms with Crippen molar-refractivity contribution in [1.29, 1.82) is 0 Å². The van der Waals surface area contributed by atoms with Gasteiger partial charge in [0.2, 0.25) is 0 Å². The smallest absolute Gasteiger partial charge is 0.306 e. The molecule has 4 nitrogen and oxygen atoms in total. The second-order valence-corrected chi connectivity index (χ2v) is 6.81. The number of rotatable bonds is 7. The molecule has 0 saturated heterocycles. The van der Waals surface area contributed by atoms with Gasteiger partial charge in [0.1, 0.15) is 0 Å². The molecule has 0 aliphatic carbocycles. The maximum Gasteiger partial charge on any atom is 0.306 e. The van der Waals surface area contributed by atoms with E-state index in [0.29, 0.717) is 18.0 Å². The van der Waals surface area contributed by atoms with Crippen molar-refractivity contribution in [3.05, 3.63) is 52.2 Å². The van der Waals surface area contributed by atoms with Crippen LogP contribution in [-0.2, 0) is 20.7 Å². The molecule has 0 aliphatic rings. The van der Waals surface area contributed by atoms with Crippen molar-refractivity contribution < 1.29 is 14.3 Å². The van der Waals surface area contributed by atoms with Gasteiger partial charge in [0.15, 0.2) is 6.10 Å². The predicted molar refractivity (Wildman–Crippen MR) is 97.4 cm³/mol. The summed E-state index contributed by atoms with van der Waals surface area (Å²) in [6.07, 6.45) is 0.0925. The Labute approximate surface area is 146 Å². The molecule has 24 heavy (non-hydrogen) atoms. The van der Waals surface area contributed by atoms with Crippen molar-refractivity contribution in [3.8, 4) is 0 Å². The number of nitrogens with one attached hydrogen (secondary N) is 1. The minimum atomic E-state index is -0.815. The highest BCUT2D eigenvalue weighted by Gasteiger charge is 2.18. The summed E-state index contributed by atoms with van der Waals surface area (Å²) < 4.78 is 5.20. The lowest BCUT2D eigenvalue weighted by atomic mass is 10.0. The van der Waals surface area contributed by atoms with Crippen LogP contribution in [0.15, 0.2) is 41.1 Å². The highest BCUT2D eigenvalue weighted by Crippen LogP contribution is 2.17. The maximum absolute atomic E-state index is 12.1. The number of ether oxygens (including phenoxy) is 1. The molecule has 1 atom stereocenters. The molecule has 0 saturated carbocycles. The molecule has 5 heteroatoms. The monoisotopic (exact) mass is 345 g/mol. The summed E-state index contributed by atoms with van der Waals surface area (Å²) in [6.45, 7) is 5.82. The van der Waals surface area contributed by atoms with E-state index in [1.54, 1.807) is 18.3 Å². The van der Waals surface area contributed by atoms with Gasteiger partial charge in [-0.2, -0.15) is 11.3 Å². The summed E-state index contributed by atoms with van der Waals surface area (Å²) in [7, 11) is 0. The van der Waals surface area contributed by atoms with E-state index in [1.165, 1.54) is 5.56 Å². The minimum absolute atomic E-state index is 0.275. The van der Waals surface area contributed by atoms with Crippen LogP contribution < -0.4 is 5.32 Å². The van der Waals surface area contributed by atoms with Crippen LogP contribution in [0.25, 0.3) is 0 Å². The van der Waals surface area contributed by atoms with Gasteiger partial charge in [-0.1, -0.05) is 26.0 Å². The van der Waals surface area contributed by atoms with Crippen LogP contribution in [0.3, 0.4) is 0 Å². The van der Waals surface area contributed by atoms with Crippen LogP contribution in [0, 0.1) is 0 Å². The Morgan fingerprint density at radius 1 is 1.12 bits per heavy atom. The second-order valence-electron chi connectivity index (χ2n) is 6.03. The first-order valence-corrected chi connectivity index (χ1v) is 9.01. The average Bonchev–Trinajstić information content (AvgIpc) is 3.06. The summed E-state index contributed by atoms with van der Waals surface area (Å²) in [5, 5.41) is 6.75. The van der Waals surface area contributed by atoms with Crippen LogP contribution in [0.1, 0.15) is 44.2 Å². The van der Waals surface area contributed by atoms with E-state index in [-0.39, 0.29) is 18.3 Å². The molecule has 2 aromatic rings.